The van der Waals surface area contributed by atoms with Crippen molar-refractivity contribution in [1.82, 2.24) is 9.46 Å². The lowest BCUT2D eigenvalue weighted by atomic mass is 9.97. The monoisotopic (exact) mass is 520 g/mol. The quantitative estimate of drug-likeness (QED) is 0.532. The summed E-state index contributed by atoms with van der Waals surface area (Å²) < 4.78 is 73.9. The van der Waals surface area contributed by atoms with E-state index in [1.165, 1.54) is 59.0 Å². The predicted molar refractivity (Wildman–Crippen MR) is 125 cm³/mol. The number of nitrogens with zero attached hydrogens (tertiary/aromatic N) is 3. The minimum absolute atomic E-state index is 0.0339. The molecule has 190 valence electrons. The van der Waals surface area contributed by atoms with Gasteiger partial charge in [-0.3, -0.25) is 9.52 Å². The van der Waals surface area contributed by atoms with Gasteiger partial charge in [-0.1, -0.05) is 17.3 Å². The molecule has 1 amide bonds. The summed E-state index contributed by atoms with van der Waals surface area (Å²) in [5.41, 5.74) is 0.629. The summed E-state index contributed by atoms with van der Waals surface area (Å²) in [5, 5.41) is 3.55. The summed E-state index contributed by atoms with van der Waals surface area (Å²) in [6, 6.07) is 8.91. The van der Waals surface area contributed by atoms with E-state index in [1.807, 2.05) is 0 Å². The first-order valence-corrected chi connectivity index (χ1v) is 12.5. The Balaban J connectivity index is 1.43. The van der Waals surface area contributed by atoms with Crippen molar-refractivity contribution in [3.8, 4) is 16.9 Å². The van der Waals surface area contributed by atoms with E-state index in [-0.39, 0.29) is 48.9 Å². The molecule has 3 heterocycles. The zero-order valence-electron chi connectivity index (χ0n) is 19.1. The van der Waals surface area contributed by atoms with Gasteiger partial charge in [-0.15, -0.1) is 0 Å². The second-order valence-electron chi connectivity index (χ2n) is 8.33. The number of nitrogens with one attached hydrogen (secondary N) is 1. The molecule has 0 saturated carbocycles. The van der Waals surface area contributed by atoms with Crippen molar-refractivity contribution in [2.24, 2.45) is 0 Å². The summed E-state index contributed by atoms with van der Waals surface area (Å²) >= 11 is 0. The predicted octanol–water partition coefficient (Wildman–Crippen LogP) is 2.79. The molecule has 3 aromatic rings. The second-order valence-corrected chi connectivity index (χ2v) is 10.0. The van der Waals surface area contributed by atoms with Gasteiger partial charge in [0, 0.05) is 30.8 Å². The Labute approximate surface area is 205 Å². The van der Waals surface area contributed by atoms with Gasteiger partial charge in [0.05, 0.1) is 24.9 Å². The van der Waals surface area contributed by atoms with E-state index in [9.17, 15) is 17.6 Å². The minimum Gasteiger partial charge on any atom is -0.495 e. The van der Waals surface area contributed by atoms with Crippen molar-refractivity contribution >= 4 is 27.6 Å². The van der Waals surface area contributed by atoms with Crippen molar-refractivity contribution in [1.29, 1.82) is 0 Å². The lowest BCUT2D eigenvalue weighted by Crippen LogP contribution is -2.62. The van der Waals surface area contributed by atoms with Gasteiger partial charge in [0.2, 0.25) is 0 Å². The first kappa shape index (κ1) is 24.2. The summed E-state index contributed by atoms with van der Waals surface area (Å²) in [4.78, 5) is 14.3. The van der Waals surface area contributed by atoms with Crippen molar-refractivity contribution in [3.05, 3.63) is 60.4 Å². The molecule has 2 fully saturated rings. The van der Waals surface area contributed by atoms with Crippen LogP contribution in [0.25, 0.3) is 11.1 Å². The van der Waals surface area contributed by atoms with E-state index in [4.69, 9.17) is 9.47 Å². The number of aromatic nitrogens is 1. The van der Waals surface area contributed by atoms with Gasteiger partial charge in [-0.25, -0.2) is 8.78 Å². The molecule has 2 atom stereocenters. The van der Waals surface area contributed by atoms with Gasteiger partial charge in [-0.2, -0.15) is 12.7 Å². The van der Waals surface area contributed by atoms with E-state index in [2.05, 4.69) is 14.4 Å². The molecule has 0 unspecified atom stereocenters. The molecular weight excluding hydrogens is 498 g/mol. The lowest BCUT2D eigenvalue weighted by molar-refractivity contribution is -0.134. The van der Waals surface area contributed by atoms with Gasteiger partial charge in [0.25, 0.3) is 5.91 Å². The van der Waals surface area contributed by atoms with Crippen molar-refractivity contribution in [2.75, 3.05) is 36.4 Å². The Morgan fingerprint density at radius 2 is 2.03 bits per heavy atom. The van der Waals surface area contributed by atoms with Crippen LogP contribution in [0.2, 0.25) is 0 Å². The average molecular weight is 521 g/mol. The number of methoxy groups -OCH3 is 1. The Morgan fingerprint density at radius 1 is 1.19 bits per heavy atom. The third kappa shape index (κ3) is 4.52. The van der Waals surface area contributed by atoms with Gasteiger partial charge < -0.3 is 18.9 Å². The second kappa shape index (κ2) is 9.48. The molecular formula is C23H22F2N4O6S. The fraction of sp³-hybridized carbons (Fsp3) is 0.304. The molecule has 0 bridgehead atoms. The summed E-state index contributed by atoms with van der Waals surface area (Å²) in [6.07, 6.45) is 0.803. The van der Waals surface area contributed by atoms with Gasteiger partial charge in [0.15, 0.2) is 5.82 Å². The highest BCUT2D eigenvalue weighted by Gasteiger charge is 2.44. The summed E-state index contributed by atoms with van der Waals surface area (Å²) in [6.45, 7) is -0.274. The molecule has 10 nitrogen and oxygen atoms in total. The summed E-state index contributed by atoms with van der Waals surface area (Å²) in [5.74, 6) is -1.33. The number of hydrogen-bond donors (Lipinski definition) is 1. The number of hydrogen-bond acceptors (Lipinski definition) is 7. The minimum atomic E-state index is -3.95. The largest absolute Gasteiger partial charge is 0.495 e. The van der Waals surface area contributed by atoms with Crippen LogP contribution in [-0.2, 0) is 19.7 Å². The zero-order chi connectivity index (χ0) is 25.4. The SMILES string of the molecule is COc1cc(-c2cccc(F)c2)c(F)cc1N1C(=O)CO[C@@H]2CN(S(=O)(=O)Nc3ccon3)CC[C@H]21. The van der Waals surface area contributed by atoms with Crippen LogP contribution in [0.3, 0.4) is 0 Å². The van der Waals surface area contributed by atoms with Crippen LogP contribution in [0.4, 0.5) is 20.3 Å². The van der Waals surface area contributed by atoms with E-state index >= 15 is 4.39 Å². The maximum atomic E-state index is 15.2. The number of halogens is 2. The molecule has 2 aliphatic rings. The molecule has 0 spiro atoms. The van der Waals surface area contributed by atoms with Gasteiger partial charge >= 0.3 is 10.2 Å². The van der Waals surface area contributed by atoms with Crippen LogP contribution in [0, 0.1) is 11.6 Å². The normalized spacial score (nSPS) is 20.8. The number of piperidine rings is 1. The number of ether oxygens (including phenoxy) is 2. The standard InChI is InChI=1S/C23H22F2N4O6S/c1-33-20-10-16(14-3-2-4-15(24)9-14)17(25)11-19(20)29-18-5-7-28(12-21(18)34-13-23(29)30)36(31,32)27-22-6-8-35-26-22/h2-4,6,8-11,18,21H,5,7,12-13H2,1H3,(H,26,27)/t18-,21-/m1/s1. The van der Waals surface area contributed by atoms with E-state index in [0.29, 0.717) is 5.56 Å². The Hall–Kier alpha value is -3.55. The van der Waals surface area contributed by atoms with Crippen molar-refractivity contribution in [3.63, 3.8) is 0 Å². The zero-order valence-corrected chi connectivity index (χ0v) is 19.9. The molecule has 2 aromatic carbocycles. The average Bonchev–Trinajstić information content (AvgIpc) is 3.36. The fourth-order valence-electron chi connectivity index (χ4n) is 4.53. The van der Waals surface area contributed by atoms with E-state index < -0.39 is 39.9 Å². The maximum absolute atomic E-state index is 15.2. The topological polar surface area (TPSA) is 114 Å². The Morgan fingerprint density at radius 3 is 2.75 bits per heavy atom. The first-order chi connectivity index (χ1) is 17.3. The van der Waals surface area contributed by atoms with Crippen LogP contribution in [0.15, 0.2) is 53.3 Å². The number of rotatable bonds is 6. The summed E-state index contributed by atoms with van der Waals surface area (Å²) in [7, 11) is -2.56. The molecule has 1 N–H and O–H groups in total. The third-order valence-corrected chi connectivity index (χ3v) is 7.66. The fourth-order valence-corrected chi connectivity index (χ4v) is 5.72. The number of amides is 1. The number of anilines is 2. The van der Waals surface area contributed by atoms with Gasteiger partial charge in [-0.05, 0) is 30.2 Å². The number of benzene rings is 2. The molecule has 13 heteroatoms. The Kier molecular flexibility index (Phi) is 6.36. The molecule has 0 radical (unpaired) electrons. The van der Waals surface area contributed by atoms with E-state index in [1.54, 1.807) is 6.07 Å². The lowest BCUT2D eigenvalue weighted by Gasteiger charge is -2.46. The van der Waals surface area contributed by atoms with Crippen LogP contribution in [0.1, 0.15) is 6.42 Å². The number of fused-ring (bicyclic) bond motifs is 1. The molecule has 2 aliphatic heterocycles. The molecule has 36 heavy (non-hydrogen) atoms. The van der Waals surface area contributed by atoms with Crippen molar-refractivity contribution in [2.45, 2.75) is 18.6 Å². The molecule has 2 saturated heterocycles. The number of carbonyl (C=O) groups excluding carboxylic acids is 1. The van der Waals surface area contributed by atoms with Crippen LogP contribution in [-0.4, -0.2) is 62.7 Å². The highest BCUT2D eigenvalue weighted by atomic mass is 32.2. The van der Waals surface area contributed by atoms with Crippen molar-refractivity contribution < 1.29 is 36.0 Å². The molecule has 0 aliphatic carbocycles. The first-order valence-electron chi connectivity index (χ1n) is 11.0. The van der Waals surface area contributed by atoms with Crippen LogP contribution >= 0.6 is 0 Å². The highest BCUT2D eigenvalue weighted by Crippen LogP contribution is 2.39. The third-order valence-electron chi connectivity index (χ3n) is 6.18. The van der Waals surface area contributed by atoms with Gasteiger partial charge in [0.1, 0.15) is 30.3 Å². The van der Waals surface area contributed by atoms with E-state index in [0.717, 1.165) is 0 Å². The maximum Gasteiger partial charge on any atom is 0.302 e. The Bertz CT molecular complexity index is 1390. The number of morpholine rings is 1. The number of carbonyl (C=O) groups is 1. The van der Waals surface area contributed by atoms with Crippen LogP contribution in [0.5, 0.6) is 5.75 Å². The smallest absolute Gasteiger partial charge is 0.302 e. The highest BCUT2D eigenvalue weighted by molar-refractivity contribution is 7.90. The van der Waals surface area contributed by atoms with Crippen LogP contribution < -0.4 is 14.4 Å². The molecule has 5 rings (SSSR count). The molecule has 1 aromatic heterocycles.